The number of hydrogen-bond donors (Lipinski definition) is 1. The van der Waals surface area contributed by atoms with Crippen LogP contribution in [0.1, 0.15) is 12.8 Å². The van der Waals surface area contributed by atoms with E-state index < -0.39 is 5.95 Å². The van der Waals surface area contributed by atoms with Crippen molar-refractivity contribution in [2.75, 3.05) is 12.4 Å². The van der Waals surface area contributed by atoms with Crippen molar-refractivity contribution in [3.05, 3.63) is 18.2 Å². The predicted octanol–water partition coefficient (Wildman–Crippen LogP) is 1.80. The van der Waals surface area contributed by atoms with Crippen LogP contribution in [-0.4, -0.2) is 18.1 Å². The van der Waals surface area contributed by atoms with Crippen molar-refractivity contribution in [3.63, 3.8) is 0 Å². The second kappa shape index (κ2) is 3.20. The maximum absolute atomic E-state index is 13.0. The van der Waals surface area contributed by atoms with Gasteiger partial charge in [0.15, 0.2) is 5.75 Å². The molecule has 1 saturated carbocycles. The molecule has 2 rings (SSSR count). The highest BCUT2D eigenvalue weighted by molar-refractivity contribution is 5.45. The average molecular weight is 182 g/mol. The molecule has 1 aliphatic rings. The van der Waals surface area contributed by atoms with Gasteiger partial charge in [-0.25, -0.2) is 4.98 Å². The first kappa shape index (κ1) is 8.29. The van der Waals surface area contributed by atoms with Gasteiger partial charge >= 0.3 is 0 Å². The van der Waals surface area contributed by atoms with Crippen molar-refractivity contribution < 1.29 is 9.13 Å². The van der Waals surface area contributed by atoms with E-state index in [0.717, 1.165) is 18.5 Å². The summed E-state index contributed by atoms with van der Waals surface area (Å²) in [5.74, 6) is -0.291. The molecule has 1 aromatic rings. The van der Waals surface area contributed by atoms with Crippen LogP contribution in [0.2, 0.25) is 0 Å². The van der Waals surface area contributed by atoms with Gasteiger partial charge in [0, 0.05) is 13.1 Å². The number of ether oxygens (including phenoxy) is 1. The largest absolute Gasteiger partial charge is 0.486 e. The fraction of sp³-hybridized carbons (Fsp3) is 0.444. The standard InChI is InChI=1S/C9H11FN2O/c1-11-6-4-8(9(10)12-5-6)13-7-2-3-7/h4-5,7,11H,2-3H2,1H3. The molecule has 4 heteroatoms. The van der Waals surface area contributed by atoms with Crippen LogP contribution in [0.4, 0.5) is 10.1 Å². The molecule has 0 aliphatic heterocycles. The third-order valence-electron chi connectivity index (χ3n) is 1.91. The van der Waals surface area contributed by atoms with E-state index in [4.69, 9.17) is 4.74 Å². The van der Waals surface area contributed by atoms with Gasteiger partial charge in [-0.2, -0.15) is 4.39 Å². The second-order valence-electron chi connectivity index (χ2n) is 3.08. The van der Waals surface area contributed by atoms with Crippen LogP contribution >= 0.6 is 0 Å². The van der Waals surface area contributed by atoms with Gasteiger partial charge in [-0.15, -0.1) is 0 Å². The number of rotatable bonds is 3. The molecule has 0 saturated heterocycles. The van der Waals surface area contributed by atoms with Crippen LogP contribution in [0.3, 0.4) is 0 Å². The Bertz CT molecular complexity index is 312. The van der Waals surface area contributed by atoms with Gasteiger partial charge in [0.05, 0.1) is 18.0 Å². The molecule has 0 radical (unpaired) electrons. The van der Waals surface area contributed by atoms with Crippen molar-refractivity contribution in [2.45, 2.75) is 18.9 Å². The first-order valence-electron chi connectivity index (χ1n) is 4.29. The molecule has 70 valence electrons. The zero-order chi connectivity index (χ0) is 9.26. The summed E-state index contributed by atoms with van der Waals surface area (Å²) in [6, 6.07) is 1.63. The van der Waals surface area contributed by atoms with Crippen molar-refractivity contribution in [3.8, 4) is 5.75 Å². The van der Waals surface area contributed by atoms with E-state index in [1.807, 2.05) is 0 Å². The molecule has 13 heavy (non-hydrogen) atoms. The van der Waals surface area contributed by atoms with Crippen molar-refractivity contribution >= 4 is 5.69 Å². The summed E-state index contributed by atoms with van der Waals surface area (Å²) in [7, 11) is 1.76. The fourth-order valence-electron chi connectivity index (χ4n) is 1.01. The molecule has 0 spiro atoms. The van der Waals surface area contributed by atoms with E-state index in [-0.39, 0.29) is 11.9 Å². The maximum Gasteiger partial charge on any atom is 0.255 e. The molecular formula is C9H11FN2O. The number of halogens is 1. The van der Waals surface area contributed by atoms with Crippen LogP contribution in [0, 0.1) is 5.95 Å². The average Bonchev–Trinajstić information content (AvgIpc) is 2.93. The van der Waals surface area contributed by atoms with E-state index in [1.165, 1.54) is 6.20 Å². The Hall–Kier alpha value is -1.32. The number of nitrogens with one attached hydrogen (secondary N) is 1. The first-order valence-corrected chi connectivity index (χ1v) is 4.29. The summed E-state index contributed by atoms with van der Waals surface area (Å²) in [5.41, 5.74) is 0.761. The van der Waals surface area contributed by atoms with Crippen LogP contribution in [-0.2, 0) is 0 Å². The minimum atomic E-state index is -0.536. The zero-order valence-electron chi connectivity index (χ0n) is 7.38. The molecule has 0 amide bonds. The Morgan fingerprint density at radius 3 is 3.00 bits per heavy atom. The highest BCUT2D eigenvalue weighted by Crippen LogP contribution is 2.29. The maximum atomic E-state index is 13.0. The number of nitrogens with zero attached hydrogens (tertiary/aromatic N) is 1. The minimum absolute atomic E-state index is 0.198. The Morgan fingerprint density at radius 2 is 2.38 bits per heavy atom. The monoisotopic (exact) mass is 182 g/mol. The van der Waals surface area contributed by atoms with Gasteiger partial charge in [0.1, 0.15) is 0 Å². The summed E-state index contributed by atoms with van der Waals surface area (Å²) in [6.07, 6.45) is 3.67. The summed E-state index contributed by atoms with van der Waals surface area (Å²) < 4.78 is 18.4. The second-order valence-corrected chi connectivity index (χ2v) is 3.08. The van der Waals surface area contributed by atoms with Crippen molar-refractivity contribution in [1.82, 2.24) is 4.98 Å². The highest BCUT2D eigenvalue weighted by atomic mass is 19.1. The lowest BCUT2D eigenvalue weighted by Gasteiger charge is -2.06. The van der Waals surface area contributed by atoms with Gasteiger partial charge in [0.25, 0.3) is 5.95 Å². The van der Waals surface area contributed by atoms with Crippen LogP contribution in [0.25, 0.3) is 0 Å². The Labute approximate surface area is 75.9 Å². The van der Waals surface area contributed by atoms with Gasteiger partial charge < -0.3 is 10.1 Å². The van der Waals surface area contributed by atoms with Crippen LogP contribution in [0.5, 0.6) is 5.75 Å². The molecule has 1 N–H and O–H groups in total. The third kappa shape index (κ3) is 1.88. The molecule has 1 fully saturated rings. The molecule has 0 unspecified atom stereocenters. The molecule has 0 atom stereocenters. The Balaban J connectivity index is 2.19. The first-order chi connectivity index (χ1) is 6.29. The van der Waals surface area contributed by atoms with E-state index in [0.29, 0.717) is 0 Å². The van der Waals surface area contributed by atoms with Crippen LogP contribution < -0.4 is 10.1 Å². The smallest absolute Gasteiger partial charge is 0.255 e. The molecule has 3 nitrogen and oxygen atoms in total. The van der Waals surface area contributed by atoms with E-state index >= 15 is 0 Å². The van der Waals surface area contributed by atoms with Gasteiger partial charge in [-0.3, -0.25) is 0 Å². The molecular weight excluding hydrogens is 171 g/mol. The highest BCUT2D eigenvalue weighted by Gasteiger charge is 2.25. The topological polar surface area (TPSA) is 34.2 Å². The zero-order valence-corrected chi connectivity index (χ0v) is 7.38. The van der Waals surface area contributed by atoms with Crippen molar-refractivity contribution in [1.29, 1.82) is 0 Å². The Kier molecular flexibility index (Phi) is 2.04. The minimum Gasteiger partial charge on any atom is -0.486 e. The lowest BCUT2D eigenvalue weighted by molar-refractivity contribution is 0.283. The fourth-order valence-corrected chi connectivity index (χ4v) is 1.01. The SMILES string of the molecule is CNc1cnc(F)c(OC2CC2)c1. The summed E-state index contributed by atoms with van der Waals surface area (Å²) >= 11 is 0. The number of anilines is 1. The van der Waals surface area contributed by atoms with Gasteiger partial charge in [-0.05, 0) is 12.8 Å². The molecule has 0 bridgehead atoms. The Morgan fingerprint density at radius 1 is 1.62 bits per heavy atom. The van der Waals surface area contributed by atoms with Crippen LogP contribution in [0.15, 0.2) is 12.3 Å². The lowest BCUT2D eigenvalue weighted by Crippen LogP contribution is -2.01. The number of pyridine rings is 1. The lowest BCUT2D eigenvalue weighted by atomic mass is 10.4. The van der Waals surface area contributed by atoms with Gasteiger partial charge in [0.2, 0.25) is 0 Å². The summed E-state index contributed by atoms with van der Waals surface area (Å²) in [5, 5.41) is 2.88. The molecule has 0 aromatic carbocycles. The molecule has 1 aliphatic carbocycles. The quantitative estimate of drug-likeness (QED) is 0.724. The third-order valence-corrected chi connectivity index (χ3v) is 1.91. The summed E-state index contributed by atoms with van der Waals surface area (Å²) in [6.45, 7) is 0. The number of aromatic nitrogens is 1. The van der Waals surface area contributed by atoms with E-state index in [9.17, 15) is 4.39 Å². The van der Waals surface area contributed by atoms with E-state index in [1.54, 1.807) is 13.1 Å². The predicted molar refractivity (Wildman–Crippen MR) is 47.4 cm³/mol. The molecule has 1 heterocycles. The van der Waals surface area contributed by atoms with Crippen molar-refractivity contribution in [2.24, 2.45) is 0 Å². The normalized spacial score (nSPS) is 15.5. The number of hydrogen-bond acceptors (Lipinski definition) is 3. The van der Waals surface area contributed by atoms with Gasteiger partial charge in [-0.1, -0.05) is 0 Å². The summed E-state index contributed by atoms with van der Waals surface area (Å²) in [4.78, 5) is 3.58. The molecule has 1 aromatic heterocycles. The van der Waals surface area contributed by atoms with E-state index in [2.05, 4.69) is 10.3 Å².